The molecule has 1 unspecified atom stereocenters. The van der Waals surface area contributed by atoms with Crippen molar-refractivity contribution in [3.63, 3.8) is 0 Å². The van der Waals surface area contributed by atoms with Crippen LogP contribution in [0.2, 0.25) is 0 Å². The zero-order valence-electron chi connectivity index (χ0n) is 8.56. The van der Waals surface area contributed by atoms with Crippen molar-refractivity contribution in [3.8, 4) is 0 Å². The average Bonchev–Trinajstić information content (AvgIpc) is 2.11. The quantitative estimate of drug-likeness (QED) is 0.807. The minimum absolute atomic E-state index is 0.207. The number of alkyl halides is 3. The Labute approximate surface area is 90.7 Å². The first-order valence-electron chi connectivity index (χ1n) is 4.31. The summed E-state index contributed by atoms with van der Waals surface area (Å²) in [6.45, 7) is 0.661. The molecule has 0 aromatic heterocycles. The number of carbonyl (C=O) groups is 1. The van der Waals surface area contributed by atoms with Gasteiger partial charge in [-0.3, -0.25) is 0 Å². The minimum atomic E-state index is -4.47. The number of ether oxygens (including phenoxy) is 1. The van der Waals surface area contributed by atoms with Gasteiger partial charge in [0.15, 0.2) is 6.61 Å². The molecule has 90 valence electrons. The molecule has 1 atom stereocenters. The van der Waals surface area contributed by atoms with Crippen LogP contribution in [0.1, 0.15) is 6.92 Å². The highest BCUT2D eigenvalue weighted by molar-refractivity contribution is 7.98. The number of nitrogens with one attached hydrogen (secondary N) is 1. The van der Waals surface area contributed by atoms with E-state index in [4.69, 9.17) is 0 Å². The Balaban J connectivity index is 3.58. The van der Waals surface area contributed by atoms with Crippen LogP contribution in [0.15, 0.2) is 0 Å². The first-order valence-corrected chi connectivity index (χ1v) is 5.71. The first kappa shape index (κ1) is 14.4. The summed E-state index contributed by atoms with van der Waals surface area (Å²) in [5.74, 6) is 1.04. The molecule has 1 N–H and O–H groups in total. The molecule has 0 aliphatic rings. The Kier molecular flexibility index (Phi) is 6.55. The molecule has 0 spiro atoms. The summed E-state index contributed by atoms with van der Waals surface area (Å²) in [5.41, 5.74) is 0. The highest BCUT2D eigenvalue weighted by Crippen LogP contribution is 2.14. The van der Waals surface area contributed by atoms with E-state index in [2.05, 4.69) is 10.1 Å². The van der Waals surface area contributed by atoms with Gasteiger partial charge in [0.05, 0.1) is 0 Å². The van der Waals surface area contributed by atoms with Crippen LogP contribution in [0, 0.1) is 5.92 Å². The van der Waals surface area contributed by atoms with Crippen LogP contribution < -0.4 is 5.32 Å². The molecule has 0 aliphatic heterocycles. The van der Waals surface area contributed by atoms with Crippen LogP contribution in [0.5, 0.6) is 0 Å². The Morgan fingerprint density at radius 3 is 2.60 bits per heavy atom. The summed E-state index contributed by atoms with van der Waals surface area (Å²) in [4.78, 5) is 10.8. The van der Waals surface area contributed by atoms with E-state index in [1.54, 1.807) is 11.8 Å². The summed E-state index contributed by atoms with van der Waals surface area (Å²) < 4.78 is 38.8. The van der Waals surface area contributed by atoms with E-state index >= 15 is 0 Å². The van der Waals surface area contributed by atoms with Gasteiger partial charge in [0, 0.05) is 6.54 Å². The SMILES string of the molecule is CSCC(C)CNC(=O)OCC(F)(F)F. The standard InChI is InChI=1S/C8H14F3NO2S/c1-6(4-15-2)3-12-7(13)14-5-8(9,10)11/h6H,3-5H2,1-2H3,(H,12,13). The predicted octanol–water partition coefficient (Wildman–Crippen LogP) is 2.27. The van der Waals surface area contributed by atoms with E-state index in [1.807, 2.05) is 13.2 Å². The number of hydrogen-bond acceptors (Lipinski definition) is 3. The maximum absolute atomic E-state index is 11.6. The Bertz CT molecular complexity index is 199. The topological polar surface area (TPSA) is 38.3 Å². The molecule has 0 aromatic carbocycles. The van der Waals surface area contributed by atoms with Crippen molar-refractivity contribution in [1.82, 2.24) is 5.32 Å². The lowest BCUT2D eigenvalue weighted by molar-refractivity contribution is -0.160. The van der Waals surface area contributed by atoms with Gasteiger partial charge in [-0.25, -0.2) is 4.79 Å². The molecule has 0 heterocycles. The monoisotopic (exact) mass is 245 g/mol. The molecule has 0 rings (SSSR count). The Morgan fingerprint density at radius 1 is 1.53 bits per heavy atom. The van der Waals surface area contributed by atoms with E-state index < -0.39 is 18.9 Å². The highest BCUT2D eigenvalue weighted by Gasteiger charge is 2.29. The molecule has 0 radical (unpaired) electrons. The lowest BCUT2D eigenvalue weighted by Crippen LogP contribution is -2.32. The van der Waals surface area contributed by atoms with Crippen molar-refractivity contribution in [2.24, 2.45) is 5.92 Å². The van der Waals surface area contributed by atoms with Gasteiger partial charge in [-0.05, 0) is 17.9 Å². The maximum Gasteiger partial charge on any atom is 0.422 e. The van der Waals surface area contributed by atoms with Crippen molar-refractivity contribution in [3.05, 3.63) is 0 Å². The van der Waals surface area contributed by atoms with Crippen LogP contribution in [-0.4, -0.2) is 37.4 Å². The zero-order valence-corrected chi connectivity index (χ0v) is 9.37. The van der Waals surface area contributed by atoms with Crippen LogP contribution in [0.3, 0.4) is 0 Å². The molecule has 15 heavy (non-hydrogen) atoms. The third-order valence-electron chi connectivity index (χ3n) is 1.41. The van der Waals surface area contributed by atoms with Crippen molar-refractivity contribution in [2.75, 3.05) is 25.2 Å². The maximum atomic E-state index is 11.6. The molecule has 0 aliphatic carbocycles. The second-order valence-corrected chi connectivity index (χ2v) is 4.04. The zero-order chi connectivity index (χ0) is 11.9. The van der Waals surface area contributed by atoms with Crippen LogP contribution >= 0.6 is 11.8 Å². The number of rotatable bonds is 5. The molecule has 0 saturated heterocycles. The molecule has 0 aromatic rings. The average molecular weight is 245 g/mol. The van der Waals surface area contributed by atoms with Gasteiger partial charge < -0.3 is 10.1 Å². The van der Waals surface area contributed by atoms with E-state index in [0.717, 1.165) is 5.75 Å². The minimum Gasteiger partial charge on any atom is -0.440 e. The number of amides is 1. The number of alkyl carbamates (subject to hydrolysis) is 1. The van der Waals surface area contributed by atoms with Crippen LogP contribution in [0.25, 0.3) is 0 Å². The normalized spacial score (nSPS) is 13.4. The number of carbonyl (C=O) groups excluding carboxylic acids is 1. The van der Waals surface area contributed by atoms with Gasteiger partial charge in [-0.1, -0.05) is 6.92 Å². The summed E-state index contributed by atoms with van der Waals surface area (Å²) in [6.07, 6.45) is -3.58. The van der Waals surface area contributed by atoms with Gasteiger partial charge in [0.25, 0.3) is 0 Å². The van der Waals surface area contributed by atoms with Gasteiger partial charge in [0.2, 0.25) is 0 Å². The second kappa shape index (κ2) is 6.81. The van der Waals surface area contributed by atoms with Crippen molar-refractivity contribution >= 4 is 17.9 Å². The fraction of sp³-hybridized carbons (Fsp3) is 0.875. The highest BCUT2D eigenvalue weighted by atomic mass is 32.2. The fourth-order valence-corrected chi connectivity index (χ4v) is 1.49. The van der Waals surface area contributed by atoms with Crippen molar-refractivity contribution in [1.29, 1.82) is 0 Å². The number of hydrogen-bond donors (Lipinski definition) is 1. The lowest BCUT2D eigenvalue weighted by Gasteiger charge is -2.12. The molecule has 1 amide bonds. The largest absolute Gasteiger partial charge is 0.440 e. The van der Waals surface area contributed by atoms with Crippen LogP contribution in [-0.2, 0) is 4.74 Å². The third-order valence-corrected chi connectivity index (χ3v) is 2.32. The molecule has 0 bridgehead atoms. The molecular weight excluding hydrogens is 231 g/mol. The Morgan fingerprint density at radius 2 is 2.13 bits per heavy atom. The van der Waals surface area contributed by atoms with E-state index in [9.17, 15) is 18.0 Å². The molecular formula is C8H14F3NO2S. The summed E-state index contributed by atoms with van der Waals surface area (Å²) >= 11 is 1.61. The van der Waals surface area contributed by atoms with Gasteiger partial charge >= 0.3 is 12.3 Å². The first-order chi connectivity index (χ1) is 6.85. The fourth-order valence-electron chi connectivity index (χ4n) is 0.799. The van der Waals surface area contributed by atoms with Crippen molar-refractivity contribution < 1.29 is 22.7 Å². The molecule has 0 saturated carbocycles. The molecule has 7 heteroatoms. The van der Waals surface area contributed by atoms with Crippen molar-refractivity contribution in [2.45, 2.75) is 13.1 Å². The smallest absolute Gasteiger partial charge is 0.422 e. The van der Waals surface area contributed by atoms with E-state index in [1.165, 1.54) is 0 Å². The summed E-state index contributed by atoms with van der Waals surface area (Å²) in [7, 11) is 0. The second-order valence-electron chi connectivity index (χ2n) is 3.13. The van der Waals surface area contributed by atoms with E-state index in [0.29, 0.717) is 6.54 Å². The Hall–Kier alpha value is -0.590. The van der Waals surface area contributed by atoms with Gasteiger partial charge in [0.1, 0.15) is 0 Å². The molecule has 0 fully saturated rings. The van der Waals surface area contributed by atoms with Crippen LogP contribution in [0.4, 0.5) is 18.0 Å². The summed E-state index contributed by atoms with van der Waals surface area (Å²) in [5, 5.41) is 2.27. The number of halogens is 3. The summed E-state index contributed by atoms with van der Waals surface area (Å²) in [6, 6.07) is 0. The lowest BCUT2D eigenvalue weighted by atomic mass is 10.2. The third kappa shape index (κ3) is 9.71. The molecule has 3 nitrogen and oxygen atoms in total. The van der Waals surface area contributed by atoms with Gasteiger partial charge in [-0.2, -0.15) is 24.9 Å². The van der Waals surface area contributed by atoms with E-state index in [-0.39, 0.29) is 5.92 Å². The van der Waals surface area contributed by atoms with Gasteiger partial charge in [-0.15, -0.1) is 0 Å². The number of thioether (sulfide) groups is 1. The predicted molar refractivity (Wildman–Crippen MR) is 53.0 cm³/mol.